The fourth-order valence-electron chi connectivity index (χ4n) is 1.74. The number of likely N-dealkylation sites (N-methyl/N-ethyl adjacent to an activating group) is 1. The smallest absolute Gasteiger partial charge is 0.188 e. The molecule has 0 bridgehead atoms. The van der Waals surface area contributed by atoms with E-state index in [0.717, 1.165) is 6.54 Å². The van der Waals surface area contributed by atoms with E-state index in [4.69, 9.17) is 5.73 Å². The minimum absolute atomic E-state index is 0.320. The van der Waals surface area contributed by atoms with Crippen LogP contribution in [-0.4, -0.2) is 36.5 Å². The van der Waals surface area contributed by atoms with Crippen molar-refractivity contribution >= 4 is 5.96 Å². The van der Waals surface area contributed by atoms with E-state index >= 15 is 0 Å². The Balaban J connectivity index is 2.42. The van der Waals surface area contributed by atoms with Crippen LogP contribution in [-0.2, 0) is 6.54 Å². The lowest BCUT2D eigenvalue weighted by Crippen LogP contribution is -2.38. The van der Waals surface area contributed by atoms with Crippen LogP contribution >= 0.6 is 0 Å². The van der Waals surface area contributed by atoms with E-state index in [1.165, 1.54) is 5.56 Å². The molecule has 4 nitrogen and oxygen atoms in total. The Labute approximate surface area is 116 Å². The number of nitrogens with one attached hydrogen (secondary N) is 1. The summed E-state index contributed by atoms with van der Waals surface area (Å²) in [6, 6.07) is 11.1. The molecule has 106 valence electrons. The third-order valence-corrected chi connectivity index (χ3v) is 2.99. The second-order valence-electron chi connectivity index (χ2n) is 5.27. The lowest BCUT2D eigenvalue weighted by Gasteiger charge is -2.23. The van der Waals surface area contributed by atoms with Crippen molar-refractivity contribution in [3.05, 3.63) is 35.9 Å². The summed E-state index contributed by atoms with van der Waals surface area (Å²) >= 11 is 0. The predicted molar refractivity (Wildman–Crippen MR) is 82.1 cm³/mol. The molecule has 0 aliphatic heterocycles. The van der Waals surface area contributed by atoms with E-state index in [9.17, 15) is 0 Å². The van der Waals surface area contributed by atoms with E-state index in [1.807, 2.05) is 19.9 Å². The van der Waals surface area contributed by atoms with Gasteiger partial charge in [-0.15, -0.1) is 0 Å². The average Bonchev–Trinajstić information content (AvgIpc) is 2.36. The molecule has 3 N–H and O–H groups in total. The van der Waals surface area contributed by atoms with Gasteiger partial charge in [-0.25, -0.2) is 0 Å². The highest BCUT2D eigenvalue weighted by Gasteiger charge is 2.09. The van der Waals surface area contributed by atoms with Crippen molar-refractivity contribution in [3.8, 4) is 0 Å². The van der Waals surface area contributed by atoms with Crippen molar-refractivity contribution < 1.29 is 0 Å². The van der Waals surface area contributed by atoms with E-state index in [-0.39, 0.29) is 0 Å². The van der Waals surface area contributed by atoms with Gasteiger partial charge in [-0.3, -0.25) is 9.89 Å². The molecule has 0 fully saturated rings. The van der Waals surface area contributed by atoms with E-state index in [2.05, 4.69) is 53.4 Å². The van der Waals surface area contributed by atoms with E-state index in [0.29, 0.717) is 24.6 Å². The van der Waals surface area contributed by atoms with Gasteiger partial charge in [0, 0.05) is 18.6 Å². The number of aliphatic imine (C=N–C) groups is 1. The molecule has 1 aromatic carbocycles. The van der Waals surface area contributed by atoms with Gasteiger partial charge in [0.15, 0.2) is 5.96 Å². The highest BCUT2D eigenvalue weighted by atomic mass is 15.2. The Bertz CT molecular complexity index is 386. The molecule has 4 heteroatoms. The molecule has 0 aromatic heterocycles. The fraction of sp³-hybridized carbons (Fsp3) is 0.533. The number of nitrogens with zero attached hydrogens (tertiary/aromatic N) is 2. The maximum atomic E-state index is 5.80. The molecule has 1 unspecified atom stereocenters. The molecular formula is C15H26N4. The van der Waals surface area contributed by atoms with Gasteiger partial charge in [0.25, 0.3) is 0 Å². The molecule has 1 atom stereocenters. The van der Waals surface area contributed by atoms with Crippen LogP contribution in [0.5, 0.6) is 0 Å². The number of hydrogen-bond acceptors (Lipinski definition) is 2. The standard InChI is InChI=1S/C15H26N4/c1-12(2)18-15(16)17-10-13(3)19(4)11-14-8-6-5-7-9-14/h5-9,12-13H,10-11H2,1-4H3,(H3,16,17,18). The zero-order valence-corrected chi connectivity index (χ0v) is 12.4. The largest absolute Gasteiger partial charge is 0.370 e. The highest BCUT2D eigenvalue weighted by molar-refractivity contribution is 5.78. The molecule has 1 rings (SSSR count). The Hall–Kier alpha value is -1.55. The maximum Gasteiger partial charge on any atom is 0.188 e. The fourth-order valence-corrected chi connectivity index (χ4v) is 1.74. The molecular weight excluding hydrogens is 236 g/mol. The van der Waals surface area contributed by atoms with Crippen LogP contribution in [0, 0.1) is 0 Å². The van der Waals surface area contributed by atoms with Crippen molar-refractivity contribution in [2.75, 3.05) is 13.6 Å². The Morgan fingerprint density at radius 3 is 2.47 bits per heavy atom. The lowest BCUT2D eigenvalue weighted by molar-refractivity contribution is 0.255. The second kappa shape index (κ2) is 7.79. The molecule has 19 heavy (non-hydrogen) atoms. The van der Waals surface area contributed by atoms with Gasteiger partial charge in [0.2, 0.25) is 0 Å². The normalized spacial score (nSPS) is 13.9. The van der Waals surface area contributed by atoms with Gasteiger partial charge in [0.05, 0.1) is 6.54 Å². The zero-order chi connectivity index (χ0) is 14.3. The first kappa shape index (κ1) is 15.5. The van der Waals surface area contributed by atoms with Crippen LogP contribution < -0.4 is 11.1 Å². The molecule has 0 saturated carbocycles. The average molecular weight is 262 g/mol. The summed E-state index contributed by atoms with van der Waals surface area (Å²) < 4.78 is 0. The van der Waals surface area contributed by atoms with Gasteiger partial charge in [-0.1, -0.05) is 30.3 Å². The third kappa shape index (κ3) is 6.25. The minimum Gasteiger partial charge on any atom is -0.370 e. The van der Waals surface area contributed by atoms with Crippen molar-refractivity contribution in [2.24, 2.45) is 10.7 Å². The van der Waals surface area contributed by atoms with Gasteiger partial charge in [-0.2, -0.15) is 0 Å². The van der Waals surface area contributed by atoms with E-state index < -0.39 is 0 Å². The summed E-state index contributed by atoms with van der Waals surface area (Å²) in [4.78, 5) is 6.65. The topological polar surface area (TPSA) is 53.6 Å². The summed E-state index contributed by atoms with van der Waals surface area (Å²) in [6.45, 7) is 7.89. The summed E-state index contributed by atoms with van der Waals surface area (Å²) in [5, 5.41) is 3.10. The number of hydrogen-bond donors (Lipinski definition) is 2. The van der Waals surface area contributed by atoms with Crippen molar-refractivity contribution in [3.63, 3.8) is 0 Å². The van der Waals surface area contributed by atoms with Crippen LogP contribution in [0.25, 0.3) is 0 Å². The quantitative estimate of drug-likeness (QED) is 0.607. The third-order valence-electron chi connectivity index (χ3n) is 2.99. The van der Waals surface area contributed by atoms with Crippen molar-refractivity contribution in [2.45, 2.75) is 39.4 Å². The number of guanidine groups is 1. The van der Waals surface area contributed by atoms with Crippen molar-refractivity contribution in [1.82, 2.24) is 10.2 Å². The highest BCUT2D eigenvalue weighted by Crippen LogP contribution is 2.06. The molecule has 0 amide bonds. The first-order chi connectivity index (χ1) is 8.99. The summed E-state index contributed by atoms with van der Waals surface area (Å²) in [5.74, 6) is 0.523. The van der Waals surface area contributed by atoms with Gasteiger partial charge >= 0.3 is 0 Å². The molecule has 0 heterocycles. The molecule has 0 radical (unpaired) electrons. The number of rotatable bonds is 6. The Morgan fingerprint density at radius 1 is 1.26 bits per heavy atom. The lowest BCUT2D eigenvalue weighted by atomic mass is 10.2. The van der Waals surface area contributed by atoms with Gasteiger partial charge in [0.1, 0.15) is 0 Å². The molecule has 0 aliphatic rings. The molecule has 0 spiro atoms. The number of benzene rings is 1. The Morgan fingerprint density at radius 2 is 1.89 bits per heavy atom. The maximum absolute atomic E-state index is 5.80. The van der Waals surface area contributed by atoms with Crippen LogP contribution in [0.2, 0.25) is 0 Å². The molecule has 1 aromatic rings. The summed E-state index contributed by atoms with van der Waals surface area (Å²) in [6.07, 6.45) is 0. The minimum atomic E-state index is 0.320. The first-order valence-electron chi connectivity index (χ1n) is 6.79. The van der Waals surface area contributed by atoms with Gasteiger partial charge in [-0.05, 0) is 33.4 Å². The molecule has 0 aliphatic carbocycles. The summed E-state index contributed by atoms with van der Waals surface area (Å²) in [7, 11) is 2.11. The van der Waals surface area contributed by atoms with Crippen molar-refractivity contribution in [1.29, 1.82) is 0 Å². The van der Waals surface area contributed by atoms with Crippen LogP contribution in [0.3, 0.4) is 0 Å². The molecule has 0 saturated heterocycles. The second-order valence-corrected chi connectivity index (χ2v) is 5.27. The predicted octanol–water partition coefficient (Wildman–Crippen LogP) is 1.82. The van der Waals surface area contributed by atoms with E-state index in [1.54, 1.807) is 0 Å². The van der Waals surface area contributed by atoms with Crippen LogP contribution in [0.1, 0.15) is 26.3 Å². The summed E-state index contributed by atoms with van der Waals surface area (Å²) in [5.41, 5.74) is 7.11. The Kier molecular flexibility index (Phi) is 6.36. The van der Waals surface area contributed by atoms with Crippen LogP contribution in [0.4, 0.5) is 0 Å². The monoisotopic (exact) mass is 262 g/mol. The zero-order valence-electron chi connectivity index (χ0n) is 12.4. The SMILES string of the molecule is CC(C)NC(N)=NCC(C)N(C)Cc1ccccc1. The van der Waals surface area contributed by atoms with Gasteiger partial charge < -0.3 is 11.1 Å². The number of nitrogens with two attached hydrogens (primary N) is 1. The van der Waals surface area contributed by atoms with Crippen LogP contribution in [0.15, 0.2) is 35.3 Å². The first-order valence-corrected chi connectivity index (χ1v) is 6.79.